The van der Waals surface area contributed by atoms with Crippen molar-refractivity contribution in [3.05, 3.63) is 35.4 Å². The molecule has 0 aromatic heterocycles. The number of rotatable bonds is 7. The molecule has 2 rings (SSSR count). The van der Waals surface area contributed by atoms with Gasteiger partial charge in [0.2, 0.25) is 0 Å². The van der Waals surface area contributed by atoms with Gasteiger partial charge in [-0.2, -0.15) is 0 Å². The number of benzene rings is 1. The molecule has 4 atom stereocenters. The molecule has 0 radical (unpaired) electrons. The van der Waals surface area contributed by atoms with Gasteiger partial charge in [0.15, 0.2) is 5.60 Å². The molecule has 0 amide bonds. The molecular weight excluding hydrogens is 328 g/mol. The monoisotopic (exact) mass is 362 g/mol. The first-order valence-corrected chi connectivity index (χ1v) is 9.67. The SMILES string of the molecule is COCc1ccccc1[C@](C)(OC)C(=O)O[C@@H]1C[C@H](C)CC[C@H]1C(C)C. The van der Waals surface area contributed by atoms with Crippen molar-refractivity contribution in [3.8, 4) is 0 Å². The predicted octanol–water partition coefficient (Wildman–Crippen LogP) is 4.70. The summed E-state index contributed by atoms with van der Waals surface area (Å²) in [6.45, 7) is 8.88. The molecule has 0 bridgehead atoms. The maximum Gasteiger partial charge on any atom is 0.343 e. The molecule has 0 N–H and O–H groups in total. The quantitative estimate of drug-likeness (QED) is 0.660. The molecular formula is C22H34O4. The Balaban J connectivity index is 2.27. The van der Waals surface area contributed by atoms with E-state index in [1.807, 2.05) is 24.3 Å². The van der Waals surface area contributed by atoms with Crippen molar-refractivity contribution in [2.75, 3.05) is 14.2 Å². The van der Waals surface area contributed by atoms with Crippen LogP contribution in [0.3, 0.4) is 0 Å². The zero-order valence-corrected chi connectivity index (χ0v) is 17.1. The van der Waals surface area contributed by atoms with Gasteiger partial charge in [-0.15, -0.1) is 0 Å². The molecule has 1 aromatic rings. The number of hydrogen-bond donors (Lipinski definition) is 0. The number of methoxy groups -OCH3 is 2. The summed E-state index contributed by atoms with van der Waals surface area (Å²) in [7, 11) is 3.21. The van der Waals surface area contributed by atoms with Crippen molar-refractivity contribution in [2.24, 2.45) is 17.8 Å². The Hall–Kier alpha value is -1.39. The van der Waals surface area contributed by atoms with E-state index in [0.29, 0.717) is 24.4 Å². The number of carbonyl (C=O) groups is 1. The Morgan fingerprint density at radius 3 is 2.54 bits per heavy atom. The maximum atomic E-state index is 13.2. The average Bonchev–Trinajstić information content (AvgIpc) is 2.61. The lowest BCUT2D eigenvalue weighted by Crippen LogP contribution is -2.43. The topological polar surface area (TPSA) is 44.8 Å². The summed E-state index contributed by atoms with van der Waals surface area (Å²) in [5, 5.41) is 0. The summed E-state index contributed by atoms with van der Waals surface area (Å²) in [6, 6.07) is 7.74. The van der Waals surface area contributed by atoms with E-state index >= 15 is 0 Å². The predicted molar refractivity (Wildman–Crippen MR) is 103 cm³/mol. The average molecular weight is 363 g/mol. The van der Waals surface area contributed by atoms with Gasteiger partial charge in [-0.05, 0) is 43.1 Å². The third kappa shape index (κ3) is 4.47. The maximum absolute atomic E-state index is 13.2. The van der Waals surface area contributed by atoms with Crippen LogP contribution in [0.2, 0.25) is 0 Å². The Morgan fingerprint density at radius 2 is 1.92 bits per heavy atom. The fourth-order valence-electron chi connectivity index (χ4n) is 4.07. The van der Waals surface area contributed by atoms with Gasteiger partial charge in [-0.25, -0.2) is 4.79 Å². The minimum atomic E-state index is -1.14. The molecule has 146 valence electrons. The molecule has 0 saturated heterocycles. The van der Waals surface area contributed by atoms with Gasteiger partial charge in [0, 0.05) is 19.8 Å². The highest BCUT2D eigenvalue weighted by Crippen LogP contribution is 2.37. The second-order valence-electron chi connectivity index (χ2n) is 8.10. The van der Waals surface area contributed by atoms with E-state index in [1.54, 1.807) is 21.1 Å². The second kappa shape index (κ2) is 9.01. The molecule has 1 aliphatic carbocycles. The first-order chi connectivity index (χ1) is 12.3. The summed E-state index contributed by atoms with van der Waals surface area (Å²) in [4.78, 5) is 13.2. The summed E-state index contributed by atoms with van der Waals surface area (Å²) in [6.07, 6.45) is 3.19. The van der Waals surface area contributed by atoms with Gasteiger partial charge in [0.1, 0.15) is 6.10 Å². The van der Waals surface area contributed by atoms with Crippen LogP contribution in [-0.4, -0.2) is 26.3 Å². The van der Waals surface area contributed by atoms with E-state index in [2.05, 4.69) is 20.8 Å². The molecule has 1 aromatic carbocycles. The first kappa shape index (κ1) is 20.9. The molecule has 26 heavy (non-hydrogen) atoms. The van der Waals surface area contributed by atoms with Crippen LogP contribution in [-0.2, 0) is 31.2 Å². The van der Waals surface area contributed by atoms with E-state index in [-0.39, 0.29) is 12.1 Å². The summed E-state index contributed by atoms with van der Waals surface area (Å²) < 4.78 is 17.1. The molecule has 0 unspecified atom stereocenters. The van der Waals surface area contributed by atoms with E-state index in [1.165, 1.54) is 6.42 Å². The van der Waals surface area contributed by atoms with E-state index in [4.69, 9.17) is 14.2 Å². The van der Waals surface area contributed by atoms with Crippen LogP contribution >= 0.6 is 0 Å². The van der Waals surface area contributed by atoms with Crippen molar-refractivity contribution in [1.29, 1.82) is 0 Å². The number of hydrogen-bond acceptors (Lipinski definition) is 4. The lowest BCUT2D eigenvalue weighted by Gasteiger charge is -2.39. The Labute approximate surface area is 158 Å². The third-order valence-corrected chi connectivity index (χ3v) is 5.85. The Kier molecular flexibility index (Phi) is 7.24. The lowest BCUT2D eigenvalue weighted by molar-refractivity contribution is -0.180. The summed E-state index contributed by atoms with van der Waals surface area (Å²) in [5.74, 6) is 1.17. The fraction of sp³-hybridized carbons (Fsp3) is 0.682. The van der Waals surface area contributed by atoms with Crippen LogP contribution in [0.15, 0.2) is 24.3 Å². The minimum Gasteiger partial charge on any atom is -0.460 e. The van der Waals surface area contributed by atoms with Gasteiger partial charge in [0.05, 0.1) is 6.61 Å². The van der Waals surface area contributed by atoms with Gasteiger partial charge in [0.25, 0.3) is 0 Å². The number of ether oxygens (including phenoxy) is 3. The van der Waals surface area contributed by atoms with Crippen LogP contribution in [0.1, 0.15) is 58.1 Å². The molecule has 0 spiro atoms. The Morgan fingerprint density at radius 1 is 1.23 bits per heavy atom. The van der Waals surface area contributed by atoms with Crippen molar-refractivity contribution < 1.29 is 19.0 Å². The first-order valence-electron chi connectivity index (χ1n) is 9.67. The van der Waals surface area contributed by atoms with Crippen molar-refractivity contribution in [3.63, 3.8) is 0 Å². The molecule has 4 nitrogen and oxygen atoms in total. The highest BCUT2D eigenvalue weighted by Gasteiger charge is 2.42. The van der Waals surface area contributed by atoms with E-state index in [9.17, 15) is 4.79 Å². The molecule has 0 aliphatic heterocycles. The van der Waals surface area contributed by atoms with Gasteiger partial charge in [-0.1, -0.05) is 51.5 Å². The van der Waals surface area contributed by atoms with Gasteiger partial charge < -0.3 is 14.2 Å². The lowest BCUT2D eigenvalue weighted by atomic mass is 9.75. The minimum absolute atomic E-state index is 0.0460. The number of carbonyl (C=O) groups excluding carboxylic acids is 1. The van der Waals surface area contributed by atoms with Crippen LogP contribution in [0.25, 0.3) is 0 Å². The third-order valence-electron chi connectivity index (χ3n) is 5.85. The van der Waals surface area contributed by atoms with Crippen molar-refractivity contribution >= 4 is 5.97 Å². The van der Waals surface area contributed by atoms with Gasteiger partial charge in [-0.3, -0.25) is 0 Å². The van der Waals surface area contributed by atoms with Gasteiger partial charge >= 0.3 is 5.97 Å². The molecule has 1 fully saturated rings. The zero-order chi connectivity index (χ0) is 19.3. The van der Waals surface area contributed by atoms with E-state index < -0.39 is 5.60 Å². The molecule has 0 heterocycles. The van der Waals surface area contributed by atoms with Crippen LogP contribution < -0.4 is 0 Å². The van der Waals surface area contributed by atoms with Crippen molar-refractivity contribution in [1.82, 2.24) is 0 Å². The highest BCUT2D eigenvalue weighted by molar-refractivity contribution is 5.81. The van der Waals surface area contributed by atoms with Crippen LogP contribution in [0.4, 0.5) is 0 Å². The molecule has 1 saturated carbocycles. The van der Waals surface area contributed by atoms with Crippen LogP contribution in [0, 0.1) is 17.8 Å². The second-order valence-corrected chi connectivity index (χ2v) is 8.10. The Bertz CT molecular complexity index is 598. The van der Waals surface area contributed by atoms with Crippen molar-refractivity contribution in [2.45, 2.75) is 65.3 Å². The molecule has 1 aliphatic rings. The zero-order valence-electron chi connectivity index (χ0n) is 17.1. The number of esters is 1. The van der Waals surface area contributed by atoms with E-state index in [0.717, 1.165) is 24.0 Å². The largest absolute Gasteiger partial charge is 0.460 e. The van der Waals surface area contributed by atoms with Crippen LogP contribution in [0.5, 0.6) is 0 Å². The fourth-order valence-corrected chi connectivity index (χ4v) is 4.07. The summed E-state index contributed by atoms with van der Waals surface area (Å²) >= 11 is 0. The molecule has 4 heteroatoms. The smallest absolute Gasteiger partial charge is 0.343 e. The highest BCUT2D eigenvalue weighted by atomic mass is 16.6. The standard InChI is InChI=1S/C22H34O4/c1-15(2)18-12-11-16(3)13-20(18)26-21(23)22(4,25-6)19-10-8-7-9-17(19)14-24-5/h7-10,15-16,18,20H,11-14H2,1-6H3/t16-,18+,20-,22+/m1/s1. The normalized spacial score (nSPS) is 25.7. The summed E-state index contributed by atoms with van der Waals surface area (Å²) in [5.41, 5.74) is 0.602.